The molecule has 1 nitrogen and oxygen atoms in total. The van der Waals surface area contributed by atoms with Crippen LogP contribution >= 0.6 is 17.0 Å². The van der Waals surface area contributed by atoms with Gasteiger partial charge < -0.3 is 12.7 Å². The molecule has 2 fully saturated rings. The van der Waals surface area contributed by atoms with Gasteiger partial charge in [0.15, 0.2) is 0 Å². The van der Waals surface area contributed by atoms with E-state index in [0.717, 1.165) is 36.1 Å². The van der Waals surface area contributed by atoms with Gasteiger partial charge in [-0.1, -0.05) is 51.0 Å². The molecule has 0 aromatic heterocycles. The van der Waals surface area contributed by atoms with Gasteiger partial charge in [0, 0.05) is 0 Å². The summed E-state index contributed by atoms with van der Waals surface area (Å²) in [6.07, 6.45) is 13.8. The third-order valence-corrected chi connectivity index (χ3v) is 4.89. The van der Waals surface area contributed by atoms with Crippen molar-refractivity contribution >= 4 is 17.0 Å². The summed E-state index contributed by atoms with van der Waals surface area (Å²) in [6, 6.07) is 0. The number of fused-ring (bicyclic) bond motifs is 1. The maximum absolute atomic E-state index is 4.93. The molecule has 0 saturated heterocycles. The van der Waals surface area contributed by atoms with E-state index in [4.69, 9.17) is 22.3 Å². The molecule has 3 aliphatic rings. The van der Waals surface area contributed by atoms with Crippen LogP contribution in [0.15, 0.2) is 24.3 Å². The molecule has 4 atom stereocenters. The predicted molar refractivity (Wildman–Crippen MR) is 95.7 cm³/mol. The first-order valence-electron chi connectivity index (χ1n) is 7.96. The number of halogens is 2. The summed E-state index contributed by atoms with van der Waals surface area (Å²) in [5, 5.41) is 4.93. The molecule has 3 aliphatic carbocycles. The van der Waals surface area contributed by atoms with Crippen molar-refractivity contribution in [1.29, 1.82) is 0 Å². The van der Waals surface area contributed by atoms with Gasteiger partial charge in [-0.25, -0.2) is 0 Å². The average Bonchev–Trinajstić information content (AvgIpc) is 3.18. The molecular weight excluding hydrogens is 392 g/mol. The van der Waals surface area contributed by atoms with Crippen LogP contribution in [0.1, 0.15) is 40.0 Å². The van der Waals surface area contributed by atoms with E-state index in [1.165, 1.54) is 19.3 Å². The first-order chi connectivity index (χ1) is 9.96. The van der Waals surface area contributed by atoms with Gasteiger partial charge in [-0.05, 0) is 42.9 Å². The molecular formula is C18H29Cl2NZr. The Bertz CT molecular complexity index is 385. The van der Waals surface area contributed by atoms with Gasteiger partial charge in [0.25, 0.3) is 0 Å². The van der Waals surface area contributed by atoms with Crippen LogP contribution in [-0.4, -0.2) is 12.1 Å². The van der Waals surface area contributed by atoms with Crippen molar-refractivity contribution in [3.63, 3.8) is 0 Å². The Morgan fingerprint density at radius 1 is 1.14 bits per heavy atom. The van der Waals surface area contributed by atoms with Crippen molar-refractivity contribution in [2.45, 2.75) is 45.6 Å². The van der Waals surface area contributed by atoms with E-state index in [1.54, 1.807) is 0 Å². The molecule has 0 aliphatic heterocycles. The van der Waals surface area contributed by atoms with Crippen molar-refractivity contribution in [2.75, 3.05) is 6.54 Å². The van der Waals surface area contributed by atoms with Gasteiger partial charge in [-0.3, -0.25) is 0 Å². The number of allylic oxidation sites excluding steroid dienone is 4. The Hall–Kier alpha value is 0.903. The van der Waals surface area contributed by atoms with Gasteiger partial charge in [-0.15, -0.1) is 12.1 Å². The summed E-state index contributed by atoms with van der Waals surface area (Å²) >= 11 is -0.826. The van der Waals surface area contributed by atoms with E-state index in [2.05, 4.69) is 45.1 Å². The Morgan fingerprint density at radius 2 is 1.73 bits per heavy atom. The van der Waals surface area contributed by atoms with Gasteiger partial charge in [0.2, 0.25) is 0 Å². The second kappa shape index (κ2) is 9.40. The third-order valence-electron chi connectivity index (χ3n) is 4.89. The number of hydrogen-bond donors (Lipinski definition) is 0. The van der Waals surface area contributed by atoms with Crippen LogP contribution in [-0.2, 0) is 20.8 Å². The standard InChI is InChI=1S/C17H26N.CH3.2ClH.Zr/c1-17(2,3)18-11-16-14-7-5-4-6-13(14)10-15(16)12-8-9-12;;;;/h4-7,12-16H,8-11H2,1-3H3;1H3;2*1H;/q2*-1;;;+4/p-2. The fourth-order valence-electron chi connectivity index (χ4n) is 3.84. The van der Waals surface area contributed by atoms with E-state index < -0.39 is 20.8 Å². The molecule has 0 heterocycles. The normalized spacial score (nSPS) is 32.4. The van der Waals surface area contributed by atoms with Crippen LogP contribution in [0, 0.1) is 37.0 Å². The second-order valence-electron chi connectivity index (χ2n) is 7.49. The molecule has 0 aromatic rings. The molecule has 0 spiro atoms. The molecule has 0 N–H and O–H groups in total. The minimum atomic E-state index is -0.826. The van der Waals surface area contributed by atoms with Gasteiger partial charge >= 0.3 is 37.9 Å². The Labute approximate surface area is 156 Å². The van der Waals surface area contributed by atoms with Crippen LogP contribution in [0.5, 0.6) is 0 Å². The van der Waals surface area contributed by atoms with E-state index in [9.17, 15) is 0 Å². The Kier molecular flexibility index (Phi) is 8.95. The summed E-state index contributed by atoms with van der Waals surface area (Å²) in [7, 11) is 9.87. The first kappa shape index (κ1) is 20.9. The zero-order valence-electron chi connectivity index (χ0n) is 14.2. The van der Waals surface area contributed by atoms with E-state index in [-0.39, 0.29) is 13.0 Å². The summed E-state index contributed by atoms with van der Waals surface area (Å²) < 4.78 is 0. The first-order valence-corrected chi connectivity index (χ1v) is 14.3. The summed E-state index contributed by atoms with van der Waals surface area (Å²) in [5.74, 6) is 4.35. The summed E-state index contributed by atoms with van der Waals surface area (Å²) in [4.78, 5) is 0. The molecule has 4 unspecified atom stereocenters. The molecule has 0 radical (unpaired) electrons. The molecule has 0 bridgehead atoms. The van der Waals surface area contributed by atoms with E-state index in [1.807, 2.05) is 0 Å². The number of hydrogen-bond acceptors (Lipinski definition) is 0. The molecule has 4 heteroatoms. The van der Waals surface area contributed by atoms with Crippen molar-refractivity contribution in [1.82, 2.24) is 0 Å². The van der Waals surface area contributed by atoms with Crippen LogP contribution < -0.4 is 0 Å². The van der Waals surface area contributed by atoms with Crippen molar-refractivity contribution < 1.29 is 20.8 Å². The molecule has 0 aromatic carbocycles. The van der Waals surface area contributed by atoms with Gasteiger partial charge in [0.05, 0.1) is 0 Å². The predicted octanol–water partition coefficient (Wildman–Crippen LogP) is 6.39. The Balaban J connectivity index is 0.000000562. The molecule has 22 heavy (non-hydrogen) atoms. The summed E-state index contributed by atoms with van der Waals surface area (Å²) in [5.41, 5.74) is 0.125. The molecule has 3 rings (SSSR count). The van der Waals surface area contributed by atoms with Crippen molar-refractivity contribution in [3.05, 3.63) is 37.0 Å². The third kappa shape index (κ3) is 6.08. The summed E-state index contributed by atoms with van der Waals surface area (Å²) in [6.45, 7) is 7.75. The van der Waals surface area contributed by atoms with E-state index in [0.29, 0.717) is 0 Å². The molecule has 2 saturated carbocycles. The number of nitrogens with zero attached hydrogens (tertiary/aromatic N) is 1. The Morgan fingerprint density at radius 3 is 2.27 bits per heavy atom. The van der Waals surface area contributed by atoms with E-state index >= 15 is 0 Å². The van der Waals surface area contributed by atoms with Gasteiger partial charge in [0.1, 0.15) is 0 Å². The molecule has 124 valence electrons. The van der Waals surface area contributed by atoms with Gasteiger partial charge in [-0.2, -0.15) is 0 Å². The van der Waals surface area contributed by atoms with Crippen molar-refractivity contribution in [3.8, 4) is 0 Å². The molecule has 0 amide bonds. The number of rotatable bonds is 3. The van der Waals surface area contributed by atoms with Crippen LogP contribution in [0.3, 0.4) is 0 Å². The zero-order valence-corrected chi connectivity index (χ0v) is 18.2. The zero-order chi connectivity index (χ0) is 15.5. The van der Waals surface area contributed by atoms with Crippen molar-refractivity contribution in [2.24, 2.45) is 29.6 Å². The fourth-order valence-corrected chi connectivity index (χ4v) is 3.84. The van der Waals surface area contributed by atoms with Crippen LogP contribution in [0.4, 0.5) is 0 Å². The van der Waals surface area contributed by atoms with Crippen LogP contribution in [0.2, 0.25) is 0 Å². The SMILES string of the molecule is CC(C)(C)[N-]CC1C2C=CC=CC2CC1C1CC1.[CH3-].[Cl][Zr+2][Cl]. The topological polar surface area (TPSA) is 14.1 Å². The van der Waals surface area contributed by atoms with Crippen LogP contribution in [0.25, 0.3) is 5.32 Å². The fraction of sp³-hybridized carbons (Fsp3) is 0.722. The minimum absolute atomic E-state index is 0. The average molecular weight is 422 g/mol. The second-order valence-corrected chi connectivity index (χ2v) is 11.2. The quantitative estimate of drug-likeness (QED) is 0.469. The maximum atomic E-state index is 4.93. The monoisotopic (exact) mass is 419 g/mol.